The maximum atomic E-state index is 14.6. The Labute approximate surface area is 284 Å². The van der Waals surface area contributed by atoms with Crippen LogP contribution in [0.4, 0.5) is 8.78 Å². The normalized spacial score (nSPS) is 10.6. The van der Waals surface area contributed by atoms with Crippen LogP contribution >= 0.6 is 0 Å². The molecule has 0 saturated carbocycles. The average Bonchev–Trinajstić information content (AvgIpc) is 3.11. The number of halogens is 2. The quantitative estimate of drug-likeness (QED) is 0.132. The maximum absolute atomic E-state index is 14.6. The summed E-state index contributed by atoms with van der Waals surface area (Å²) in [4.78, 5) is 0. The molecule has 0 aliphatic carbocycles. The van der Waals surface area contributed by atoms with Gasteiger partial charge in [-0.2, -0.15) is 0 Å². The van der Waals surface area contributed by atoms with Crippen molar-refractivity contribution in [3.8, 4) is 44.5 Å². The van der Waals surface area contributed by atoms with Gasteiger partial charge in [0.25, 0.3) is 0 Å². The van der Waals surface area contributed by atoms with Crippen LogP contribution in [0.3, 0.4) is 0 Å². The minimum atomic E-state index is -0.188. The first kappa shape index (κ1) is 34.0. The molecule has 0 atom stereocenters. The van der Waals surface area contributed by atoms with Crippen LogP contribution in [0.15, 0.2) is 159 Å². The second kappa shape index (κ2) is 16.5. The van der Waals surface area contributed by atoms with Gasteiger partial charge in [0.1, 0.15) is 11.6 Å². The van der Waals surface area contributed by atoms with Gasteiger partial charge in [-0.05, 0) is 96.2 Å². The van der Waals surface area contributed by atoms with E-state index in [-0.39, 0.29) is 11.6 Å². The van der Waals surface area contributed by atoms with Crippen molar-refractivity contribution in [2.24, 2.45) is 0 Å². The lowest BCUT2D eigenvalue weighted by molar-refractivity contribution is 0.631. The van der Waals surface area contributed by atoms with Crippen molar-refractivity contribution in [1.82, 2.24) is 0 Å². The van der Waals surface area contributed by atoms with Gasteiger partial charge in [-0.1, -0.05) is 145 Å². The van der Waals surface area contributed by atoms with Gasteiger partial charge in [0, 0.05) is 11.1 Å². The van der Waals surface area contributed by atoms with Crippen LogP contribution in [-0.2, 0) is 12.8 Å². The number of aryl methyl sites for hydroxylation is 4. The van der Waals surface area contributed by atoms with Gasteiger partial charge in [-0.15, -0.1) is 13.2 Å². The Morgan fingerprint density at radius 2 is 0.729 bits per heavy atom. The molecule has 0 bridgehead atoms. The van der Waals surface area contributed by atoms with Crippen LogP contribution in [0.5, 0.6) is 0 Å². The molecular formula is C46H42F2. The summed E-state index contributed by atoms with van der Waals surface area (Å²) in [5.41, 5.74) is 11.9. The van der Waals surface area contributed by atoms with E-state index in [4.69, 9.17) is 0 Å². The number of hydrogen-bond donors (Lipinski definition) is 0. The number of hydrogen-bond acceptors (Lipinski definition) is 0. The van der Waals surface area contributed by atoms with E-state index < -0.39 is 0 Å². The van der Waals surface area contributed by atoms with E-state index in [0.29, 0.717) is 11.1 Å². The second-order valence-electron chi connectivity index (χ2n) is 12.2. The van der Waals surface area contributed by atoms with E-state index in [9.17, 15) is 8.78 Å². The van der Waals surface area contributed by atoms with E-state index in [1.807, 2.05) is 111 Å². The average molecular weight is 633 g/mol. The summed E-state index contributed by atoms with van der Waals surface area (Å²) >= 11 is 0. The molecule has 0 radical (unpaired) electrons. The molecule has 6 rings (SSSR count). The highest BCUT2D eigenvalue weighted by molar-refractivity contribution is 5.72. The van der Waals surface area contributed by atoms with Gasteiger partial charge in [-0.25, -0.2) is 8.78 Å². The van der Waals surface area contributed by atoms with Crippen LogP contribution in [0.2, 0.25) is 0 Å². The summed E-state index contributed by atoms with van der Waals surface area (Å²) in [6.45, 7) is 11.6. The van der Waals surface area contributed by atoms with Crippen LogP contribution in [0.25, 0.3) is 44.5 Å². The third-order valence-electron chi connectivity index (χ3n) is 8.51. The second-order valence-corrected chi connectivity index (χ2v) is 12.2. The van der Waals surface area contributed by atoms with Crippen molar-refractivity contribution in [2.75, 3.05) is 0 Å². The first-order valence-electron chi connectivity index (χ1n) is 16.5. The van der Waals surface area contributed by atoms with E-state index >= 15 is 0 Å². The first-order valence-corrected chi connectivity index (χ1v) is 16.5. The zero-order valence-electron chi connectivity index (χ0n) is 27.9. The van der Waals surface area contributed by atoms with E-state index in [0.717, 1.165) is 59.1 Å². The highest BCUT2D eigenvalue weighted by atomic mass is 19.1. The fourth-order valence-electron chi connectivity index (χ4n) is 5.59. The van der Waals surface area contributed by atoms with Crippen molar-refractivity contribution in [2.45, 2.75) is 39.5 Å². The Morgan fingerprint density at radius 3 is 1.08 bits per heavy atom. The van der Waals surface area contributed by atoms with Crippen molar-refractivity contribution < 1.29 is 8.78 Å². The zero-order valence-corrected chi connectivity index (χ0v) is 27.9. The topological polar surface area (TPSA) is 0 Å². The van der Waals surface area contributed by atoms with Gasteiger partial charge in [-0.3, -0.25) is 0 Å². The Balaban J connectivity index is 0.000000188. The lowest BCUT2D eigenvalue weighted by Crippen LogP contribution is -1.88. The molecule has 0 aliphatic heterocycles. The summed E-state index contributed by atoms with van der Waals surface area (Å²) in [7, 11) is 0. The molecule has 0 heterocycles. The van der Waals surface area contributed by atoms with Gasteiger partial charge >= 0.3 is 0 Å². The summed E-state index contributed by atoms with van der Waals surface area (Å²) in [6, 6.07) is 43.4. The predicted octanol–water partition coefficient (Wildman–Crippen LogP) is 13.2. The molecule has 0 N–H and O–H groups in total. The zero-order chi connectivity index (χ0) is 33.9. The van der Waals surface area contributed by atoms with Gasteiger partial charge in [0.15, 0.2) is 0 Å². The predicted molar refractivity (Wildman–Crippen MR) is 201 cm³/mol. The summed E-state index contributed by atoms with van der Waals surface area (Å²) in [5.74, 6) is -0.376. The van der Waals surface area contributed by atoms with Crippen LogP contribution in [0, 0.1) is 25.5 Å². The molecule has 0 aromatic heterocycles. The SMILES string of the molecule is C=CCCc1ccc(-c2ccc(-c3ccc(C)cc3)c(F)c2)cc1.C=CCCc1ccc(-c2ccc(-c3ccc(C)cc3)cc2F)cc1. The molecule has 2 heteroatoms. The van der Waals surface area contributed by atoms with Crippen molar-refractivity contribution >= 4 is 0 Å². The van der Waals surface area contributed by atoms with Gasteiger partial charge < -0.3 is 0 Å². The van der Waals surface area contributed by atoms with Crippen molar-refractivity contribution in [1.29, 1.82) is 0 Å². The molecule has 0 unspecified atom stereocenters. The fourth-order valence-corrected chi connectivity index (χ4v) is 5.59. The Bertz CT molecular complexity index is 1950. The van der Waals surface area contributed by atoms with Crippen LogP contribution in [0.1, 0.15) is 35.1 Å². The molecule has 48 heavy (non-hydrogen) atoms. The molecule has 240 valence electrons. The van der Waals surface area contributed by atoms with E-state index in [1.54, 1.807) is 12.1 Å². The molecule has 0 fully saturated rings. The number of benzene rings is 6. The molecule has 0 aliphatic rings. The van der Waals surface area contributed by atoms with E-state index in [2.05, 4.69) is 49.6 Å². The third kappa shape index (κ3) is 8.92. The Kier molecular flexibility index (Phi) is 11.7. The molecule has 6 aromatic carbocycles. The minimum absolute atomic E-state index is 0.188. The molecule has 0 saturated heterocycles. The van der Waals surface area contributed by atoms with Crippen molar-refractivity contribution in [3.05, 3.63) is 193 Å². The highest BCUT2D eigenvalue weighted by Crippen LogP contribution is 2.30. The lowest BCUT2D eigenvalue weighted by atomic mass is 9.98. The lowest BCUT2D eigenvalue weighted by Gasteiger charge is -2.08. The smallest absolute Gasteiger partial charge is 0.131 e. The number of allylic oxidation sites excluding steroid dienone is 2. The first-order chi connectivity index (χ1) is 23.3. The van der Waals surface area contributed by atoms with Gasteiger partial charge in [0.2, 0.25) is 0 Å². The molecule has 0 nitrogen and oxygen atoms in total. The molecule has 0 amide bonds. The largest absolute Gasteiger partial charge is 0.206 e. The van der Waals surface area contributed by atoms with Gasteiger partial charge in [0.05, 0.1) is 0 Å². The summed E-state index contributed by atoms with van der Waals surface area (Å²) in [6.07, 6.45) is 7.73. The Hall–Kier alpha value is -5.34. The van der Waals surface area contributed by atoms with Crippen LogP contribution < -0.4 is 0 Å². The molecular weight excluding hydrogens is 591 g/mol. The summed E-state index contributed by atoms with van der Waals surface area (Å²) < 4.78 is 29.1. The standard InChI is InChI=1S/2C23H21F/c1-3-4-5-18-8-12-19(13-9-18)21-14-15-22(23(24)16-21)20-10-6-17(2)7-11-20;1-3-4-5-18-8-12-20(13-9-18)22-15-14-21(16-23(22)24)19-10-6-17(2)7-11-19/h2*3,6-16H,1,4-5H2,2H3. The monoisotopic (exact) mass is 632 g/mol. The molecule has 0 spiro atoms. The highest BCUT2D eigenvalue weighted by Gasteiger charge is 2.09. The summed E-state index contributed by atoms with van der Waals surface area (Å²) in [5, 5.41) is 0. The molecule has 6 aromatic rings. The number of rotatable bonds is 10. The maximum Gasteiger partial charge on any atom is 0.131 e. The Morgan fingerprint density at radius 1 is 0.417 bits per heavy atom. The fraction of sp³-hybridized carbons (Fsp3) is 0.130. The van der Waals surface area contributed by atoms with Crippen LogP contribution in [-0.4, -0.2) is 0 Å². The minimum Gasteiger partial charge on any atom is -0.206 e. The van der Waals surface area contributed by atoms with Crippen molar-refractivity contribution in [3.63, 3.8) is 0 Å². The third-order valence-corrected chi connectivity index (χ3v) is 8.51. The van der Waals surface area contributed by atoms with E-state index in [1.165, 1.54) is 22.3 Å².